The van der Waals surface area contributed by atoms with E-state index in [4.69, 9.17) is 0 Å². The molecule has 1 atom stereocenters. The zero-order chi connectivity index (χ0) is 26.1. The van der Waals surface area contributed by atoms with E-state index in [9.17, 15) is 30.4 Å². The molecule has 1 unspecified atom stereocenters. The molecule has 0 amide bonds. The van der Waals surface area contributed by atoms with E-state index in [-0.39, 0.29) is 23.2 Å². The van der Waals surface area contributed by atoms with Gasteiger partial charge in [0, 0.05) is 30.6 Å². The highest BCUT2D eigenvalue weighted by Crippen LogP contribution is 2.38. The standard InChI is InChI=1S/C21H20F5N5O3S2/c1-27-12-4-5-31(9-12)18-6-13(34-21(24,25)26)2-3-17(18)29-20-15(22)7-14(8-16(20)23)36(32,33)30-19-10-35-11-28-19/h2-3,6-8,10-12,27,29-30H,4-5,9H2,1H3. The van der Waals surface area contributed by atoms with Crippen LogP contribution in [0.3, 0.4) is 0 Å². The Bertz CT molecular complexity index is 1310. The summed E-state index contributed by atoms with van der Waals surface area (Å²) in [7, 11) is -2.57. The fourth-order valence-corrected chi connectivity index (χ4v) is 5.29. The van der Waals surface area contributed by atoms with E-state index in [2.05, 4.69) is 25.1 Å². The summed E-state index contributed by atoms with van der Waals surface area (Å²) >= 11 is 1.13. The lowest BCUT2D eigenvalue weighted by Gasteiger charge is -2.24. The van der Waals surface area contributed by atoms with Crippen LogP contribution in [0.2, 0.25) is 0 Å². The van der Waals surface area contributed by atoms with E-state index < -0.39 is 44.4 Å². The molecule has 0 radical (unpaired) electrons. The summed E-state index contributed by atoms with van der Waals surface area (Å²) < 4.78 is 99.2. The number of sulfonamides is 1. The molecule has 0 spiro atoms. The molecular weight excluding hydrogens is 529 g/mol. The zero-order valence-corrected chi connectivity index (χ0v) is 20.2. The molecule has 15 heteroatoms. The highest BCUT2D eigenvalue weighted by Gasteiger charge is 2.32. The van der Waals surface area contributed by atoms with Crippen LogP contribution < -0.4 is 25.0 Å². The van der Waals surface area contributed by atoms with E-state index in [0.717, 1.165) is 23.5 Å². The van der Waals surface area contributed by atoms with Crippen LogP contribution in [0.1, 0.15) is 6.42 Å². The van der Waals surface area contributed by atoms with Crippen molar-refractivity contribution >= 4 is 44.2 Å². The topological polar surface area (TPSA) is 95.6 Å². The second-order valence-electron chi connectivity index (χ2n) is 7.81. The first-order valence-electron chi connectivity index (χ1n) is 10.4. The molecule has 3 aromatic rings. The Hall–Kier alpha value is -3.17. The molecule has 0 aliphatic carbocycles. The van der Waals surface area contributed by atoms with Crippen molar-refractivity contribution in [1.82, 2.24) is 10.3 Å². The molecule has 1 aliphatic rings. The number of hydrogen-bond donors (Lipinski definition) is 3. The minimum atomic E-state index is -4.92. The predicted molar refractivity (Wildman–Crippen MR) is 125 cm³/mol. The number of ether oxygens (including phenoxy) is 1. The summed E-state index contributed by atoms with van der Waals surface area (Å²) in [6.45, 7) is 0.908. The average molecular weight is 550 g/mol. The number of likely N-dealkylation sites (N-methyl/N-ethyl adjacent to an activating group) is 1. The molecule has 1 fully saturated rings. The molecular formula is C21H20F5N5O3S2. The van der Waals surface area contributed by atoms with Crippen molar-refractivity contribution in [1.29, 1.82) is 0 Å². The Balaban J connectivity index is 1.66. The van der Waals surface area contributed by atoms with E-state index in [1.165, 1.54) is 17.0 Å². The summed E-state index contributed by atoms with van der Waals surface area (Å²) in [6.07, 6.45) is -4.22. The van der Waals surface area contributed by atoms with Crippen LogP contribution in [-0.4, -0.2) is 45.9 Å². The fourth-order valence-electron chi connectivity index (χ4n) is 3.71. The minimum absolute atomic E-state index is 0.000637. The van der Waals surface area contributed by atoms with Gasteiger partial charge in [-0.1, -0.05) is 0 Å². The first-order valence-corrected chi connectivity index (χ1v) is 12.9. The van der Waals surface area contributed by atoms with Crippen LogP contribution in [-0.2, 0) is 10.0 Å². The van der Waals surface area contributed by atoms with E-state index in [1.807, 2.05) is 0 Å². The number of benzene rings is 2. The highest BCUT2D eigenvalue weighted by molar-refractivity contribution is 7.92. The summed E-state index contributed by atoms with van der Waals surface area (Å²) in [5, 5.41) is 7.05. The van der Waals surface area contributed by atoms with Crippen LogP contribution in [0.4, 0.5) is 44.8 Å². The molecule has 0 bridgehead atoms. The third kappa shape index (κ3) is 5.96. The Kier molecular flexibility index (Phi) is 7.24. The molecule has 2 aromatic carbocycles. The van der Waals surface area contributed by atoms with Crippen LogP contribution in [0.25, 0.3) is 0 Å². The number of halogens is 5. The lowest BCUT2D eigenvalue weighted by Crippen LogP contribution is -2.29. The molecule has 0 saturated carbocycles. The van der Waals surface area contributed by atoms with Gasteiger partial charge in [-0.25, -0.2) is 22.2 Å². The van der Waals surface area contributed by atoms with Crippen LogP contribution in [0.15, 0.2) is 46.1 Å². The summed E-state index contributed by atoms with van der Waals surface area (Å²) in [6, 6.07) is 4.67. The summed E-state index contributed by atoms with van der Waals surface area (Å²) in [4.78, 5) is 4.86. The Labute approximate surface area is 207 Å². The van der Waals surface area contributed by atoms with Crippen molar-refractivity contribution in [2.24, 2.45) is 0 Å². The maximum absolute atomic E-state index is 14.9. The van der Waals surface area contributed by atoms with Gasteiger partial charge >= 0.3 is 6.36 Å². The number of hydrogen-bond acceptors (Lipinski definition) is 8. The lowest BCUT2D eigenvalue weighted by atomic mass is 10.2. The van der Waals surface area contributed by atoms with E-state index >= 15 is 0 Å². The molecule has 1 aliphatic heterocycles. The average Bonchev–Trinajstić information content (AvgIpc) is 3.47. The maximum Gasteiger partial charge on any atom is 0.573 e. The van der Waals surface area contributed by atoms with Gasteiger partial charge < -0.3 is 20.3 Å². The molecule has 194 valence electrons. The number of thiazole rings is 1. The highest BCUT2D eigenvalue weighted by atomic mass is 32.2. The first-order chi connectivity index (χ1) is 16.9. The molecule has 8 nitrogen and oxygen atoms in total. The van der Waals surface area contributed by atoms with Gasteiger partial charge in [0.05, 0.1) is 21.8 Å². The van der Waals surface area contributed by atoms with Gasteiger partial charge in [0.2, 0.25) is 0 Å². The number of nitrogens with zero attached hydrogens (tertiary/aromatic N) is 2. The number of nitrogens with one attached hydrogen (secondary N) is 3. The maximum atomic E-state index is 14.9. The lowest BCUT2D eigenvalue weighted by molar-refractivity contribution is -0.274. The molecule has 1 aromatic heterocycles. The van der Waals surface area contributed by atoms with Gasteiger partial charge in [-0.3, -0.25) is 4.72 Å². The molecule has 2 heterocycles. The quantitative estimate of drug-likeness (QED) is 0.352. The molecule has 3 N–H and O–H groups in total. The Morgan fingerprint density at radius 2 is 1.89 bits per heavy atom. The van der Waals surface area contributed by atoms with Gasteiger partial charge in [0.1, 0.15) is 11.4 Å². The van der Waals surface area contributed by atoms with Gasteiger partial charge in [0.25, 0.3) is 10.0 Å². The first kappa shape index (κ1) is 25.9. The third-order valence-corrected chi connectivity index (χ3v) is 7.32. The second kappa shape index (κ2) is 10.1. The van der Waals surface area contributed by atoms with Gasteiger partial charge in [0.15, 0.2) is 17.5 Å². The number of aromatic nitrogens is 1. The summed E-state index contributed by atoms with van der Waals surface area (Å²) in [5.41, 5.74) is 1.05. The SMILES string of the molecule is CNC1CCN(c2cc(OC(F)(F)F)ccc2Nc2c(F)cc(S(=O)(=O)Nc3cscn3)cc2F)C1. The zero-order valence-electron chi connectivity index (χ0n) is 18.6. The number of alkyl halides is 3. The molecule has 1 saturated heterocycles. The van der Waals surface area contributed by atoms with Crippen molar-refractivity contribution in [3.63, 3.8) is 0 Å². The van der Waals surface area contributed by atoms with Crippen molar-refractivity contribution in [3.05, 3.63) is 52.9 Å². The van der Waals surface area contributed by atoms with Crippen molar-refractivity contribution in [2.45, 2.75) is 23.7 Å². The van der Waals surface area contributed by atoms with E-state index in [1.54, 1.807) is 11.9 Å². The van der Waals surface area contributed by atoms with Crippen molar-refractivity contribution in [2.75, 3.05) is 35.1 Å². The Morgan fingerprint density at radius 1 is 1.17 bits per heavy atom. The smallest absolute Gasteiger partial charge is 0.406 e. The van der Waals surface area contributed by atoms with Crippen molar-refractivity contribution < 1.29 is 35.1 Å². The van der Waals surface area contributed by atoms with Gasteiger partial charge in [-0.05, 0) is 37.7 Å². The predicted octanol–water partition coefficient (Wildman–Crippen LogP) is 4.66. The molecule has 36 heavy (non-hydrogen) atoms. The minimum Gasteiger partial charge on any atom is -0.406 e. The monoisotopic (exact) mass is 549 g/mol. The number of anilines is 4. The Morgan fingerprint density at radius 3 is 2.47 bits per heavy atom. The second-order valence-corrected chi connectivity index (χ2v) is 10.2. The molecule has 4 rings (SSSR count). The van der Waals surface area contributed by atoms with Gasteiger partial charge in [-0.2, -0.15) is 0 Å². The third-order valence-electron chi connectivity index (χ3n) is 5.40. The van der Waals surface area contributed by atoms with Crippen LogP contribution in [0.5, 0.6) is 5.75 Å². The fraction of sp³-hybridized carbons (Fsp3) is 0.286. The largest absolute Gasteiger partial charge is 0.573 e. The van der Waals surface area contributed by atoms with E-state index in [0.29, 0.717) is 31.6 Å². The summed E-state index contributed by atoms with van der Waals surface area (Å²) in [5.74, 6) is -2.93. The van der Waals surface area contributed by atoms with Crippen LogP contribution in [0, 0.1) is 11.6 Å². The van der Waals surface area contributed by atoms with Crippen LogP contribution >= 0.6 is 11.3 Å². The van der Waals surface area contributed by atoms with Gasteiger partial charge in [-0.15, -0.1) is 24.5 Å². The normalized spacial score (nSPS) is 16.3. The van der Waals surface area contributed by atoms with Crippen molar-refractivity contribution in [3.8, 4) is 5.75 Å². The number of rotatable bonds is 8.